The van der Waals surface area contributed by atoms with Gasteiger partial charge in [-0.15, -0.1) is 10.2 Å². The first-order chi connectivity index (χ1) is 10.7. The molecule has 1 aliphatic rings. The summed E-state index contributed by atoms with van der Waals surface area (Å²) in [5.74, 6) is 1.75. The van der Waals surface area contributed by atoms with Gasteiger partial charge in [0.25, 0.3) is 5.91 Å². The minimum Gasteiger partial charge on any atom is -0.342 e. The number of carbonyl (C=O) groups excluding carboxylic acids is 1. The average Bonchev–Trinajstić information content (AvgIpc) is 2.99. The van der Waals surface area contributed by atoms with Crippen molar-refractivity contribution in [3.05, 3.63) is 47.0 Å². The van der Waals surface area contributed by atoms with Crippen LogP contribution in [0.2, 0.25) is 0 Å². The second-order valence-corrected chi connectivity index (χ2v) is 5.68. The number of hydrogen-bond donors (Lipinski definition) is 2. The molecular weight excluding hydrogens is 278 g/mol. The molecule has 0 saturated heterocycles. The van der Waals surface area contributed by atoms with E-state index in [9.17, 15) is 4.79 Å². The number of nitrogens with one attached hydrogen (secondary N) is 1. The summed E-state index contributed by atoms with van der Waals surface area (Å²) in [5, 5.41) is 11.5. The average molecular weight is 299 g/mol. The first-order valence-electron chi connectivity index (χ1n) is 7.71. The Morgan fingerprint density at radius 3 is 2.82 bits per heavy atom. The summed E-state index contributed by atoms with van der Waals surface area (Å²) >= 11 is 0. The lowest BCUT2D eigenvalue weighted by Crippen LogP contribution is -2.29. The van der Waals surface area contributed by atoms with E-state index in [2.05, 4.69) is 20.1 Å². The van der Waals surface area contributed by atoms with Crippen LogP contribution in [-0.4, -0.2) is 20.7 Å². The number of fused-ring (bicyclic) bond motifs is 1. The molecule has 0 radical (unpaired) electrons. The van der Waals surface area contributed by atoms with Crippen LogP contribution in [0, 0.1) is 0 Å². The third kappa shape index (κ3) is 2.87. The van der Waals surface area contributed by atoms with E-state index in [1.54, 1.807) is 12.1 Å². The molecule has 0 fully saturated rings. The Kier molecular flexibility index (Phi) is 4.20. The highest BCUT2D eigenvalue weighted by molar-refractivity contribution is 5.94. The van der Waals surface area contributed by atoms with Crippen LogP contribution in [0.15, 0.2) is 24.3 Å². The Morgan fingerprint density at radius 2 is 2.09 bits per heavy atom. The Bertz CT molecular complexity index is 662. The zero-order valence-electron chi connectivity index (χ0n) is 12.7. The molecule has 1 atom stereocenters. The molecule has 1 amide bonds. The molecule has 0 saturated carbocycles. The number of hydrogen-bond acceptors (Lipinski definition) is 4. The van der Waals surface area contributed by atoms with Crippen molar-refractivity contribution in [3.8, 4) is 0 Å². The highest BCUT2D eigenvalue weighted by Gasteiger charge is 2.21. The van der Waals surface area contributed by atoms with E-state index in [-0.39, 0.29) is 11.9 Å². The van der Waals surface area contributed by atoms with Crippen LogP contribution in [0.3, 0.4) is 0 Å². The van der Waals surface area contributed by atoms with Gasteiger partial charge in [-0.3, -0.25) is 4.79 Å². The Balaban J connectivity index is 1.71. The van der Waals surface area contributed by atoms with Crippen molar-refractivity contribution in [2.75, 3.05) is 0 Å². The third-order valence-electron chi connectivity index (χ3n) is 4.07. The molecule has 1 aromatic carbocycles. The molecule has 1 aliphatic heterocycles. The van der Waals surface area contributed by atoms with Crippen molar-refractivity contribution >= 4 is 5.91 Å². The van der Waals surface area contributed by atoms with Gasteiger partial charge in [0.05, 0.1) is 6.04 Å². The van der Waals surface area contributed by atoms with Gasteiger partial charge in [-0.25, -0.2) is 0 Å². The number of rotatable bonds is 4. The van der Waals surface area contributed by atoms with Crippen LogP contribution in [0.25, 0.3) is 0 Å². The third-order valence-corrected chi connectivity index (χ3v) is 4.07. The lowest BCUT2D eigenvalue weighted by atomic mass is 10.1. The number of nitrogens with zero attached hydrogens (tertiary/aromatic N) is 3. The minimum absolute atomic E-state index is 0.107. The van der Waals surface area contributed by atoms with Gasteiger partial charge in [0.2, 0.25) is 0 Å². The molecule has 3 rings (SSSR count). The second-order valence-electron chi connectivity index (χ2n) is 5.68. The molecule has 1 aromatic heterocycles. The number of aromatic nitrogens is 3. The van der Waals surface area contributed by atoms with Crippen molar-refractivity contribution in [3.63, 3.8) is 0 Å². The highest BCUT2D eigenvalue weighted by Crippen LogP contribution is 2.19. The maximum Gasteiger partial charge on any atom is 0.251 e. The zero-order valence-corrected chi connectivity index (χ0v) is 12.7. The molecule has 0 spiro atoms. The van der Waals surface area contributed by atoms with Gasteiger partial charge in [-0.1, -0.05) is 12.1 Å². The van der Waals surface area contributed by atoms with Crippen LogP contribution >= 0.6 is 0 Å². The van der Waals surface area contributed by atoms with Gasteiger partial charge < -0.3 is 15.6 Å². The van der Waals surface area contributed by atoms with E-state index in [4.69, 9.17) is 5.73 Å². The van der Waals surface area contributed by atoms with Crippen molar-refractivity contribution in [1.29, 1.82) is 0 Å². The lowest BCUT2D eigenvalue weighted by molar-refractivity contribution is 0.0937. The summed E-state index contributed by atoms with van der Waals surface area (Å²) in [4.78, 5) is 12.3. The SMILES string of the molecule is CC(NC(=O)c1ccc(CN)cc1)c1nnc2n1CCCC2. The van der Waals surface area contributed by atoms with Crippen molar-refractivity contribution in [1.82, 2.24) is 20.1 Å². The normalized spacial score (nSPS) is 15.2. The molecule has 1 unspecified atom stereocenters. The number of nitrogens with two attached hydrogens (primary N) is 1. The highest BCUT2D eigenvalue weighted by atomic mass is 16.1. The van der Waals surface area contributed by atoms with E-state index >= 15 is 0 Å². The van der Waals surface area contributed by atoms with Crippen LogP contribution in [0.4, 0.5) is 0 Å². The van der Waals surface area contributed by atoms with Crippen LogP contribution in [0.5, 0.6) is 0 Å². The van der Waals surface area contributed by atoms with Gasteiger partial charge >= 0.3 is 0 Å². The molecule has 6 heteroatoms. The fraction of sp³-hybridized carbons (Fsp3) is 0.438. The minimum atomic E-state index is -0.166. The molecule has 3 N–H and O–H groups in total. The summed E-state index contributed by atoms with van der Waals surface area (Å²) < 4.78 is 2.13. The number of benzene rings is 1. The van der Waals surface area contributed by atoms with Crippen LogP contribution in [0.1, 0.15) is 53.4 Å². The first kappa shape index (κ1) is 14.7. The number of aryl methyl sites for hydroxylation is 1. The predicted octanol–water partition coefficient (Wildman–Crippen LogP) is 1.56. The summed E-state index contributed by atoms with van der Waals surface area (Å²) in [5.41, 5.74) is 7.20. The van der Waals surface area contributed by atoms with Gasteiger partial charge in [0.15, 0.2) is 5.82 Å². The number of carbonyl (C=O) groups is 1. The lowest BCUT2D eigenvalue weighted by Gasteiger charge is -2.18. The topological polar surface area (TPSA) is 85.8 Å². The van der Waals surface area contributed by atoms with Crippen molar-refractivity contribution in [2.24, 2.45) is 5.73 Å². The fourth-order valence-electron chi connectivity index (χ4n) is 2.79. The number of amides is 1. The molecule has 6 nitrogen and oxygen atoms in total. The Hall–Kier alpha value is -2.21. The Labute approximate surface area is 129 Å². The summed E-state index contributed by atoms with van der Waals surface area (Å²) in [7, 11) is 0. The monoisotopic (exact) mass is 299 g/mol. The van der Waals surface area contributed by atoms with Crippen molar-refractivity contribution < 1.29 is 4.79 Å². The maximum atomic E-state index is 12.3. The molecule has 22 heavy (non-hydrogen) atoms. The van der Waals surface area contributed by atoms with Crippen LogP contribution in [-0.2, 0) is 19.5 Å². The van der Waals surface area contributed by atoms with E-state index in [1.165, 1.54) is 0 Å². The van der Waals surface area contributed by atoms with Crippen molar-refractivity contribution in [2.45, 2.75) is 45.3 Å². The second kappa shape index (κ2) is 6.27. The zero-order chi connectivity index (χ0) is 15.5. The summed E-state index contributed by atoms with van der Waals surface area (Å²) in [6.45, 7) is 3.35. The van der Waals surface area contributed by atoms with E-state index < -0.39 is 0 Å². The molecule has 2 aromatic rings. The van der Waals surface area contributed by atoms with Gasteiger partial charge in [-0.2, -0.15) is 0 Å². The first-order valence-corrected chi connectivity index (χ1v) is 7.71. The van der Waals surface area contributed by atoms with E-state index in [0.717, 1.165) is 43.0 Å². The fourth-order valence-corrected chi connectivity index (χ4v) is 2.79. The predicted molar refractivity (Wildman–Crippen MR) is 83.2 cm³/mol. The van der Waals surface area contributed by atoms with Gasteiger partial charge in [0.1, 0.15) is 5.82 Å². The van der Waals surface area contributed by atoms with Crippen LogP contribution < -0.4 is 11.1 Å². The molecule has 2 heterocycles. The Morgan fingerprint density at radius 1 is 1.32 bits per heavy atom. The van der Waals surface area contributed by atoms with Gasteiger partial charge in [-0.05, 0) is 37.5 Å². The molecule has 0 bridgehead atoms. The van der Waals surface area contributed by atoms with E-state index in [1.807, 2.05) is 19.1 Å². The van der Waals surface area contributed by atoms with Gasteiger partial charge in [0, 0.05) is 25.1 Å². The summed E-state index contributed by atoms with van der Waals surface area (Å²) in [6, 6.07) is 7.17. The standard InChI is InChI=1S/C16H21N5O/c1-11(15-20-19-14-4-2-3-9-21(14)15)18-16(22)13-7-5-12(10-17)6-8-13/h5-8,11H,2-4,9-10,17H2,1H3,(H,18,22). The van der Waals surface area contributed by atoms with E-state index in [0.29, 0.717) is 12.1 Å². The molecular formula is C16H21N5O. The largest absolute Gasteiger partial charge is 0.342 e. The molecule has 0 aliphatic carbocycles. The quantitative estimate of drug-likeness (QED) is 0.897. The smallest absolute Gasteiger partial charge is 0.251 e. The molecule has 116 valence electrons. The maximum absolute atomic E-state index is 12.3. The summed E-state index contributed by atoms with van der Waals surface area (Å²) in [6.07, 6.45) is 3.26.